The van der Waals surface area contributed by atoms with Crippen LogP contribution in [0.4, 0.5) is 0 Å². The van der Waals surface area contributed by atoms with Crippen LogP contribution in [0.1, 0.15) is 37.3 Å². The highest BCUT2D eigenvalue weighted by molar-refractivity contribution is 5.85. The van der Waals surface area contributed by atoms with Gasteiger partial charge in [-0.15, -0.1) is 0 Å². The van der Waals surface area contributed by atoms with Crippen LogP contribution in [-0.4, -0.2) is 4.98 Å². The number of fused-ring (bicyclic) bond motifs is 2. The van der Waals surface area contributed by atoms with Crippen molar-refractivity contribution in [3.05, 3.63) is 42.2 Å². The van der Waals surface area contributed by atoms with Crippen molar-refractivity contribution in [3.8, 4) is 0 Å². The van der Waals surface area contributed by atoms with E-state index in [1.165, 1.54) is 42.0 Å². The summed E-state index contributed by atoms with van der Waals surface area (Å²) in [4.78, 5) is 4.22. The van der Waals surface area contributed by atoms with E-state index in [0.29, 0.717) is 0 Å². The highest BCUT2D eigenvalue weighted by Crippen LogP contribution is 2.60. The largest absolute Gasteiger partial charge is 0.271 e. The number of hydrogen-bond donors (Lipinski definition) is 2. The third-order valence-electron chi connectivity index (χ3n) is 5.34. The predicted octanol–water partition coefficient (Wildman–Crippen LogP) is 3.18. The van der Waals surface area contributed by atoms with Crippen molar-refractivity contribution in [2.75, 3.05) is 0 Å². The molecular weight excluding hydrogens is 246 g/mol. The van der Waals surface area contributed by atoms with Gasteiger partial charge in [0.25, 0.3) is 0 Å². The minimum Gasteiger partial charge on any atom is -0.271 e. The molecule has 3 atom stereocenters. The van der Waals surface area contributed by atoms with Gasteiger partial charge in [-0.1, -0.05) is 31.0 Å². The summed E-state index contributed by atoms with van der Waals surface area (Å²) in [5, 5.41) is 2.49. The van der Waals surface area contributed by atoms with E-state index in [9.17, 15) is 0 Å². The Morgan fingerprint density at radius 3 is 2.70 bits per heavy atom. The van der Waals surface area contributed by atoms with Crippen LogP contribution in [0.15, 0.2) is 36.7 Å². The van der Waals surface area contributed by atoms with Gasteiger partial charge in [0.1, 0.15) is 0 Å². The average molecular weight is 267 g/mol. The number of nitrogens with zero attached hydrogens (tertiary/aromatic N) is 1. The Hall–Kier alpha value is -1.45. The lowest BCUT2D eigenvalue weighted by molar-refractivity contribution is 0.459. The van der Waals surface area contributed by atoms with Gasteiger partial charge >= 0.3 is 0 Å². The molecule has 1 aromatic carbocycles. The fourth-order valence-electron chi connectivity index (χ4n) is 4.37. The maximum atomic E-state index is 5.93. The first-order chi connectivity index (χ1) is 9.90. The van der Waals surface area contributed by atoms with Crippen LogP contribution in [0.5, 0.6) is 0 Å². The molecule has 104 valence electrons. The zero-order chi connectivity index (χ0) is 13.5. The van der Waals surface area contributed by atoms with E-state index in [-0.39, 0.29) is 6.04 Å². The third-order valence-corrected chi connectivity index (χ3v) is 5.34. The van der Waals surface area contributed by atoms with Gasteiger partial charge in [-0.25, -0.2) is 0 Å². The number of pyridine rings is 1. The SMILES string of the molecule is NNC(c1cccc2cnccc12)C1C2CCCCC21. The number of aromatic nitrogens is 1. The fourth-order valence-corrected chi connectivity index (χ4v) is 4.37. The van der Waals surface area contributed by atoms with E-state index in [1.807, 2.05) is 12.4 Å². The van der Waals surface area contributed by atoms with Crippen molar-refractivity contribution in [3.63, 3.8) is 0 Å². The monoisotopic (exact) mass is 267 g/mol. The van der Waals surface area contributed by atoms with Crippen LogP contribution < -0.4 is 11.3 Å². The van der Waals surface area contributed by atoms with E-state index in [1.54, 1.807) is 0 Å². The van der Waals surface area contributed by atoms with Crippen molar-refractivity contribution in [2.24, 2.45) is 23.6 Å². The topological polar surface area (TPSA) is 50.9 Å². The van der Waals surface area contributed by atoms with Crippen LogP contribution >= 0.6 is 0 Å². The average Bonchev–Trinajstić information content (AvgIpc) is 3.23. The smallest absolute Gasteiger partial charge is 0.0499 e. The first kappa shape index (κ1) is 12.3. The standard InChI is InChI=1S/C17H21N3/c18-20-17(16-13-5-1-2-6-14(13)16)15-7-3-4-11-10-19-9-8-12(11)15/h3-4,7-10,13-14,16-17,20H,1-2,5-6,18H2. The quantitative estimate of drug-likeness (QED) is 0.663. The van der Waals surface area contributed by atoms with Gasteiger partial charge in [-0.3, -0.25) is 16.3 Å². The molecule has 3 N–H and O–H groups in total. The summed E-state index contributed by atoms with van der Waals surface area (Å²) >= 11 is 0. The normalized spacial score (nSPS) is 29.9. The number of nitrogens with one attached hydrogen (secondary N) is 1. The van der Waals surface area contributed by atoms with Crippen molar-refractivity contribution in [1.29, 1.82) is 0 Å². The summed E-state index contributed by atoms with van der Waals surface area (Å²) in [6.07, 6.45) is 9.38. The maximum absolute atomic E-state index is 5.93. The summed E-state index contributed by atoms with van der Waals surface area (Å²) in [7, 11) is 0. The molecule has 2 aliphatic rings. The Labute approximate surface area is 119 Å². The van der Waals surface area contributed by atoms with Gasteiger partial charge in [-0.2, -0.15) is 0 Å². The molecule has 3 unspecified atom stereocenters. The molecule has 0 aliphatic heterocycles. The molecule has 1 aromatic heterocycles. The van der Waals surface area contributed by atoms with Crippen molar-refractivity contribution in [1.82, 2.24) is 10.4 Å². The zero-order valence-corrected chi connectivity index (χ0v) is 11.6. The second-order valence-electron chi connectivity index (χ2n) is 6.28. The van der Waals surface area contributed by atoms with Crippen LogP contribution in [0.25, 0.3) is 10.8 Å². The van der Waals surface area contributed by atoms with Gasteiger partial charge in [0.2, 0.25) is 0 Å². The lowest BCUT2D eigenvalue weighted by atomic mass is 9.95. The molecular formula is C17H21N3. The van der Waals surface area contributed by atoms with Crippen LogP contribution in [0.3, 0.4) is 0 Å². The van der Waals surface area contributed by atoms with Gasteiger partial charge in [0.15, 0.2) is 0 Å². The molecule has 2 aromatic rings. The van der Waals surface area contributed by atoms with E-state index >= 15 is 0 Å². The Morgan fingerprint density at radius 1 is 1.15 bits per heavy atom. The van der Waals surface area contributed by atoms with E-state index in [0.717, 1.165) is 17.8 Å². The Balaban J connectivity index is 1.73. The van der Waals surface area contributed by atoms with Crippen LogP contribution in [0.2, 0.25) is 0 Å². The molecule has 20 heavy (non-hydrogen) atoms. The molecule has 1 heterocycles. The van der Waals surface area contributed by atoms with Gasteiger partial charge < -0.3 is 0 Å². The molecule has 3 nitrogen and oxygen atoms in total. The zero-order valence-electron chi connectivity index (χ0n) is 11.6. The second-order valence-corrected chi connectivity index (χ2v) is 6.28. The van der Waals surface area contributed by atoms with Crippen LogP contribution in [-0.2, 0) is 0 Å². The molecule has 0 bridgehead atoms. The van der Waals surface area contributed by atoms with Gasteiger partial charge in [-0.05, 0) is 47.6 Å². The molecule has 0 saturated heterocycles. The van der Waals surface area contributed by atoms with Crippen molar-refractivity contribution < 1.29 is 0 Å². The summed E-state index contributed by atoms with van der Waals surface area (Å²) < 4.78 is 0. The maximum Gasteiger partial charge on any atom is 0.0499 e. The first-order valence-corrected chi connectivity index (χ1v) is 7.69. The van der Waals surface area contributed by atoms with E-state index < -0.39 is 0 Å². The van der Waals surface area contributed by atoms with Crippen molar-refractivity contribution >= 4 is 10.8 Å². The van der Waals surface area contributed by atoms with Gasteiger partial charge in [0.05, 0.1) is 0 Å². The molecule has 2 fully saturated rings. The number of hydrogen-bond acceptors (Lipinski definition) is 3. The highest BCUT2D eigenvalue weighted by Gasteiger charge is 2.54. The Bertz CT molecular complexity index is 607. The first-order valence-electron chi connectivity index (χ1n) is 7.69. The van der Waals surface area contributed by atoms with E-state index in [4.69, 9.17) is 5.84 Å². The number of hydrazine groups is 1. The van der Waals surface area contributed by atoms with Crippen molar-refractivity contribution in [2.45, 2.75) is 31.7 Å². The summed E-state index contributed by atoms with van der Waals surface area (Å²) in [6, 6.07) is 8.86. The molecule has 3 heteroatoms. The molecule has 0 radical (unpaired) electrons. The molecule has 0 spiro atoms. The molecule has 2 saturated carbocycles. The lowest BCUT2D eigenvalue weighted by Crippen LogP contribution is -2.30. The number of nitrogens with two attached hydrogens (primary N) is 1. The highest BCUT2D eigenvalue weighted by atomic mass is 15.2. The third kappa shape index (κ3) is 1.85. The minimum atomic E-state index is 0.286. The lowest BCUT2D eigenvalue weighted by Gasteiger charge is -2.19. The minimum absolute atomic E-state index is 0.286. The fraction of sp³-hybridized carbons (Fsp3) is 0.471. The van der Waals surface area contributed by atoms with Crippen LogP contribution in [0, 0.1) is 17.8 Å². The molecule has 4 rings (SSSR count). The Morgan fingerprint density at radius 2 is 1.95 bits per heavy atom. The summed E-state index contributed by atoms with van der Waals surface area (Å²) in [6.45, 7) is 0. The molecule has 0 amide bonds. The second kappa shape index (κ2) is 4.83. The predicted molar refractivity (Wildman–Crippen MR) is 80.7 cm³/mol. The summed E-state index contributed by atoms with van der Waals surface area (Å²) in [5.74, 6) is 8.43. The summed E-state index contributed by atoms with van der Waals surface area (Å²) in [5.41, 5.74) is 4.45. The Kier molecular flexibility index (Phi) is 2.97. The van der Waals surface area contributed by atoms with E-state index in [2.05, 4.69) is 34.7 Å². The number of rotatable bonds is 3. The van der Waals surface area contributed by atoms with Gasteiger partial charge in [0, 0.05) is 23.8 Å². The molecule has 2 aliphatic carbocycles. The number of benzene rings is 1.